The molecule has 0 spiro atoms. The lowest BCUT2D eigenvalue weighted by atomic mass is 10.2. The third-order valence-electron chi connectivity index (χ3n) is 2.89. The number of carbonyl (C=O) groups is 1. The van der Waals surface area contributed by atoms with Crippen molar-refractivity contribution in [1.82, 2.24) is 4.31 Å². The minimum Gasteiger partial charge on any atom is -0.475 e. The van der Waals surface area contributed by atoms with E-state index < -0.39 is 32.9 Å². The second kappa shape index (κ2) is 4.71. The molecule has 1 fully saturated rings. The Morgan fingerprint density at radius 1 is 1.50 bits per heavy atom. The Kier molecular flexibility index (Phi) is 3.42. The maximum Gasteiger partial charge on any atom is 0.371 e. The van der Waals surface area contributed by atoms with E-state index in [1.807, 2.05) is 0 Å². The molecule has 18 heavy (non-hydrogen) atoms. The van der Waals surface area contributed by atoms with E-state index in [2.05, 4.69) is 0 Å². The van der Waals surface area contributed by atoms with Gasteiger partial charge in [-0.1, -0.05) is 0 Å². The van der Waals surface area contributed by atoms with Gasteiger partial charge in [0.2, 0.25) is 10.9 Å². The van der Waals surface area contributed by atoms with E-state index in [-0.39, 0.29) is 6.61 Å². The monoisotopic (exact) mass is 275 g/mol. The van der Waals surface area contributed by atoms with Crippen LogP contribution in [-0.2, 0) is 10.0 Å². The standard InChI is InChI=1S/C10H13NO6S/c12-6-7-2-1-5-11(7)18(15,16)9-4-3-8(17-9)10(13)14/h3-4,7,12H,1-2,5-6H2,(H,13,14). The molecule has 0 amide bonds. The summed E-state index contributed by atoms with van der Waals surface area (Å²) in [5.74, 6) is -1.75. The SMILES string of the molecule is O=C(O)c1ccc(S(=O)(=O)N2CCCC2CO)o1. The van der Waals surface area contributed by atoms with Crippen LogP contribution in [0.15, 0.2) is 21.6 Å². The van der Waals surface area contributed by atoms with Crippen molar-refractivity contribution in [2.24, 2.45) is 0 Å². The van der Waals surface area contributed by atoms with Crippen LogP contribution in [0.1, 0.15) is 23.4 Å². The van der Waals surface area contributed by atoms with Crippen molar-refractivity contribution in [3.63, 3.8) is 0 Å². The summed E-state index contributed by atoms with van der Waals surface area (Å²) >= 11 is 0. The fourth-order valence-corrected chi connectivity index (χ4v) is 3.60. The molecule has 0 saturated carbocycles. The van der Waals surface area contributed by atoms with Crippen LogP contribution in [0.5, 0.6) is 0 Å². The van der Waals surface area contributed by atoms with Crippen molar-refractivity contribution in [3.05, 3.63) is 17.9 Å². The van der Waals surface area contributed by atoms with E-state index in [0.29, 0.717) is 19.4 Å². The molecule has 100 valence electrons. The molecule has 1 unspecified atom stereocenters. The molecular weight excluding hydrogens is 262 g/mol. The summed E-state index contributed by atoms with van der Waals surface area (Å²) < 4.78 is 30.3. The van der Waals surface area contributed by atoms with Crippen LogP contribution in [-0.4, -0.2) is 48.1 Å². The van der Waals surface area contributed by atoms with Crippen LogP contribution in [0.25, 0.3) is 0 Å². The highest BCUT2D eigenvalue weighted by Gasteiger charge is 2.37. The molecule has 1 atom stereocenters. The van der Waals surface area contributed by atoms with Gasteiger partial charge in [-0.05, 0) is 25.0 Å². The number of aliphatic hydroxyl groups excluding tert-OH is 1. The number of nitrogens with zero attached hydrogens (tertiary/aromatic N) is 1. The zero-order valence-electron chi connectivity index (χ0n) is 9.44. The molecule has 0 bridgehead atoms. The quantitative estimate of drug-likeness (QED) is 0.808. The molecular formula is C10H13NO6S. The van der Waals surface area contributed by atoms with Crippen molar-refractivity contribution in [3.8, 4) is 0 Å². The van der Waals surface area contributed by atoms with Gasteiger partial charge in [-0.15, -0.1) is 0 Å². The zero-order valence-corrected chi connectivity index (χ0v) is 10.3. The summed E-state index contributed by atoms with van der Waals surface area (Å²) in [5.41, 5.74) is 0. The minimum atomic E-state index is -3.87. The first kappa shape index (κ1) is 13.1. The molecule has 1 aromatic rings. The lowest BCUT2D eigenvalue weighted by Gasteiger charge is -2.20. The first-order valence-electron chi connectivity index (χ1n) is 5.42. The molecule has 2 heterocycles. The molecule has 1 saturated heterocycles. The number of sulfonamides is 1. The van der Waals surface area contributed by atoms with E-state index in [9.17, 15) is 13.2 Å². The first-order valence-corrected chi connectivity index (χ1v) is 6.86. The van der Waals surface area contributed by atoms with Gasteiger partial charge in [-0.2, -0.15) is 4.31 Å². The van der Waals surface area contributed by atoms with E-state index >= 15 is 0 Å². The fraction of sp³-hybridized carbons (Fsp3) is 0.500. The Balaban J connectivity index is 2.32. The van der Waals surface area contributed by atoms with Crippen LogP contribution >= 0.6 is 0 Å². The predicted molar refractivity (Wildman–Crippen MR) is 59.7 cm³/mol. The number of carboxylic acid groups (broad SMARTS) is 1. The maximum atomic E-state index is 12.2. The highest BCUT2D eigenvalue weighted by Crippen LogP contribution is 2.26. The number of hydrogen-bond acceptors (Lipinski definition) is 5. The Bertz CT molecular complexity index is 548. The molecule has 8 heteroatoms. The number of aliphatic hydroxyl groups is 1. The second-order valence-electron chi connectivity index (χ2n) is 4.02. The molecule has 7 nitrogen and oxygen atoms in total. The Morgan fingerprint density at radius 3 is 2.78 bits per heavy atom. The van der Waals surface area contributed by atoms with Gasteiger partial charge in [0.15, 0.2) is 0 Å². The van der Waals surface area contributed by atoms with Crippen molar-refractivity contribution in [2.45, 2.75) is 24.0 Å². The summed E-state index contributed by atoms with van der Waals surface area (Å²) in [4.78, 5) is 10.6. The lowest BCUT2D eigenvalue weighted by Crippen LogP contribution is -2.37. The van der Waals surface area contributed by atoms with Gasteiger partial charge in [0.05, 0.1) is 6.61 Å². The van der Waals surface area contributed by atoms with Crippen LogP contribution in [0.2, 0.25) is 0 Å². The van der Waals surface area contributed by atoms with E-state index in [0.717, 1.165) is 16.4 Å². The third kappa shape index (κ3) is 2.14. The maximum absolute atomic E-state index is 12.2. The van der Waals surface area contributed by atoms with Gasteiger partial charge in [0.1, 0.15) is 0 Å². The summed E-state index contributed by atoms with van der Waals surface area (Å²) in [6, 6.07) is 1.75. The topological polar surface area (TPSA) is 108 Å². The Morgan fingerprint density at radius 2 is 2.22 bits per heavy atom. The first-order chi connectivity index (χ1) is 8.46. The normalized spacial score (nSPS) is 21.3. The Hall–Kier alpha value is -1.38. The molecule has 0 radical (unpaired) electrons. The second-order valence-corrected chi connectivity index (χ2v) is 5.84. The fourth-order valence-electron chi connectivity index (χ4n) is 2.00. The van der Waals surface area contributed by atoms with Gasteiger partial charge >= 0.3 is 5.97 Å². The molecule has 2 rings (SSSR count). The smallest absolute Gasteiger partial charge is 0.371 e. The number of carboxylic acids is 1. The number of hydrogen-bond donors (Lipinski definition) is 2. The molecule has 0 aliphatic carbocycles. The van der Waals surface area contributed by atoms with Crippen molar-refractivity contribution in [1.29, 1.82) is 0 Å². The third-order valence-corrected chi connectivity index (χ3v) is 4.72. The van der Waals surface area contributed by atoms with E-state index in [1.54, 1.807) is 0 Å². The molecule has 0 aromatic carbocycles. The Labute approximate surface area is 104 Å². The lowest BCUT2D eigenvalue weighted by molar-refractivity contribution is 0.0656. The van der Waals surface area contributed by atoms with Crippen LogP contribution in [0.3, 0.4) is 0 Å². The van der Waals surface area contributed by atoms with Crippen molar-refractivity contribution in [2.75, 3.05) is 13.2 Å². The van der Waals surface area contributed by atoms with E-state index in [4.69, 9.17) is 14.6 Å². The highest BCUT2D eigenvalue weighted by atomic mass is 32.2. The van der Waals surface area contributed by atoms with E-state index in [1.165, 1.54) is 0 Å². The number of aromatic carboxylic acids is 1. The van der Waals surface area contributed by atoms with Gasteiger partial charge < -0.3 is 14.6 Å². The molecule has 1 aromatic heterocycles. The minimum absolute atomic E-state index is 0.258. The van der Waals surface area contributed by atoms with Crippen LogP contribution < -0.4 is 0 Å². The molecule has 1 aliphatic heterocycles. The zero-order chi connectivity index (χ0) is 13.3. The van der Waals surface area contributed by atoms with Gasteiger partial charge in [0, 0.05) is 12.6 Å². The number of furan rings is 1. The summed E-state index contributed by atoms with van der Waals surface area (Å²) in [6.07, 6.45) is 1.25. The molecule has 1 aliphatic rings. The summed E-state index contributed by atoms with van der Waals surface area (Å²) in [7, 11) is -3.87. The van der Waals surface area contributed by atoms with Gasteiger partial charge in [-0.3, -0.25) is 0 Å². The summed E-state index contributed by atoms with van der Waals surface area (Å²) in [5, 5.41) is 17.4. The highest BCUT2D eigenvalue weighted by molar-refractivity contribution is 7.89. The summed E-state index contributed by atoms with van der Waals surface area (Å²) in [6.45, 7) is 0.0440. The van der Waals surface area contributed by atoms with Gasteiger partial charge in [-0.25, -0.2) is 13.2 Å². The number of rotatable bonds is 4. The van der Waals surface area contributed by atoms with Crippen molar-refractivity contribution < 1.29 is 27.8 Å². The average Bonchev–Trinajstić information content (AvgIpc) is 2.98. The largest absolute Gasteiger partial charge is 0.475 e. The van der Waals surface area contributed by atoms with Crippen LogP contribution in [0, 0.1) is 0 Å². The van der Waals surface area contributed by atoms with Crippen molar-refractivity contribution >= 4 is 16.0 Å². The molecule has 2 N–H and O–H groups in total. The van der Waals surface area contributed by atoms with Crippen LogP contribution in [0.4, 0.5) is 0 Å². The van der Waals surface area contributed by atoms with Gasteiger partial charge in [0.25, 0.3) is 10.0 Å². The predicted octanol–water partition coefficient (Wildman–Crippen LogP) is 0.123. The average molecular weight is 275 g/mol.